The first kappa shape index (κ1) is 16.5. The van der Waals surface area contributed by atoms with E-state index in [1.54, 1.807) is 35.6 Å². The van der Waals surface area contributed by atoms with Crippen LogP contribution in [0.2, 0.25) is 0 Å². The Kier molecular flexibility index (Phi) is 5.17. The molecule has 1 aliphatic rings. The van der Waals surface area contributed by atoms with Crippen LogP contribution in [0.3, 0.4) is 0 Å². The number of benzene rings is 1. The summed E-state index contributed by atoms with van der Waals surface area (Å²) in [6.45, 7) is 2.52. The molecule has 1 aromatic carbocycles. The quantitative estimate of drug-likeness (QED) is 0.831. The molecule has 1 N–H and O–H groups in total. The number of aryl methyl sites for hydroxylation is 1. The van der Waals surface area contributed by atoms with E-state index in [0.29, 0.717) is 22.7 Å². The van der Waals surface area contributed by atoms with Gasteiger partial charge in [-0.15, -0.1) is 11.3 Å². The molecule has 0 saturated heterocycles. The van der Waals surface area contributed by atoms with Crippen molar-refractivity contribution in [3.8, 4) is 11.8 Å². The van der Waals surface area contributed by atoms with Crippen molar-refractivity contribution in [2.24, 2.45) is 0 Å². The molecule has 1 aliphatic carbocycles. The summed E-state index contributed by atoms with van der Waals surface area (Å²) in [6, 6.07) is 9.34. The topological polar surface area (TPSA) is 62.1 Å². The predicted octanol–water partition coefficient (Wildman–Crippen LogP) is 4.54. The van der Waals surface area contributed by atoms with Gasteiger partial charge in [-0.1, -0.05) is 6.42 Å². The second kappa shape index (κ2) is 7.50. The van der Waals surface area contributed by atoms with Gasteiger partial charge in [0.15, 0.2) is 0 Å². The molecule has 0 fully saturated rings. The van der Waals surface area contributed by atoms with Gasteiger partial charge in [-0.2, -0.15) is 5.26 Å². The number of rotatable bonds is 4. The lowest BCUT2D eigenvalue weighted by Crippen LogP contribution is -2.11. The van der Waals surface area contributed by atoms with Crippen molar-refractivity contribution in [3.63, 3.8) is 0 Å². The molecule has 3 rings (SSSR count). The van der Waals surface area contributed by atoms with Crippen LogP contribution >= 0.6 is 11.3 Å². The van der Waals surface area contributed by atoms with Gasteiger partial charge in [-0.25, -0.2) is 0 Å². The van der Waals surface area contributed by atoms with Crippen LogP contribution in [-0.2, 0) is 12.8 Å². The maximum Gasteiger partial charge on any atom is 0.256 e. The van der Waals surface area contributed by atoms with Gasteiger partial charge in [0.25, 0.3) is 5.91 Å². The molecule has 0 saturated carbocycles. The molecule has 0 unspecified atom stereocenters. The van der Waals surface area contributed by atoms with Gasteiger partial charge in [0.1, 0.15) is 16.8 Å². The minimum Gasteiger partial charge on any atom is -0.494 e. The molecule has 24 heavy (non-hydrogen) atoms. The summed E-state index contributed by atoms with van der Waals surface area (Å²) in [4.78, 5) is 13.7. The smallest absolute Gasteiger partial charge is 0.256 e. The van der Waals surface area contributed by atoms with Crippen molar-refractivity contribution in [3.05, 3.63) is 45.8 Å². The molecular weight excluding hydrogens is 320 g/mol. The molecule has 5 heteroatoms. The highest BCUT2D eigenvalue weighted by molar-refractivity contribution is 7.16. The normalized spacial score (nSPS) is 13.5. The van der Waals surface area contributed by atoms with Crippen LogP contribution in [-0.4, -0.2) is 12.5 Å². The summed E-state index contributed by atoms with van der Waals surface area (Å²) in [5.74, 6) is 0.556. The van der Waals surface area contributed by atoms with Crippen LogP contribution in [0.5, 0.6) is 5.75 Å². The number of thiophene rings is 1. The predicted molar refractivity (Wildman–Crippen MR) is 95.9 cm³/mol. The van der Waals surface area contributed by atoms with E-state index in [0.717, 1.165) is 37.0 Å². The zero-order valence-electron chi connectivity index (χ0n) is 13.7. The number of nitrogens with zero attached hydrogens (tertiary/aromatic N) is 1. The van der Waals surface area contributed by atoms with E-state index in [1.807, 2.05) is 6.92 Å². The fourth-order valence-corrected chi connectivity index (χ4v) is 4.23. The standard InChI is InChI=1S/C19H20N2O2S/c1-2-23-14-10-8-13(9-11-14)18(22)21-19-16(12-20)15-6-4-3-5-7-17(15)24-19/h8-11H,2-7H2,1H3,(H,21,22). The highest BCUT2D eigenvalue weighted by Gasteiger charge is 2.21. The fraction of sp³-hybridized carbons (Fsp3) is 0.368. The van der Waals surface area contributed by atoms with Gasteiger partial charge < -0.3 is 10.1 Å². The third-order valence-electron chi connectivity index (χ3n) is 4.19. The molecule has 1 heterocycles. The van der Waals surface area contributed by atoms with Crippen LogP contribution < -0.4 is 10.1 Å². The largest absolute Gasteiger partial charge is 0.494 e. The van der Waals surface area contributed by atoms with Crippen molar-refractivity contribution in [1.29, 1.82) is 5.26 Å². The van der Waals surface area contributed by atoms with Gasteiger partial charge in [0.2, 0.25) is 0 Å². The Balaban J connectivity index is 1.80. The van der Waals surface area contributed by atoms with Crippen LogP contribution in [0, 0.1) is 11.3 Å². The van der Waals surface area contributed by atoms with Crippen LogP contribution in [0.1, 0.15) is 52.5 Å². The first-order chi connectivity index (χ1) is 11.7. The number of amides is 1. The van der Waals surface area contributed by atoms with Gasteiger partial charge in [0, 0.05) is 10.4 Å². The van der Waals surface area contributed by atoms with Crippen LogP contribution in [0.4, 0.5) is 5.00 Å². The minimum absolute atomic E-state index is 0.189. The summed E-state index contributed by atoms with van der Waals surface area (Å²) < 4.78 is 5.39. The molecule has 0 radical (unpaired) electrons. The van der Waals surface area contributed by atoms with Crippen LogP contribution in [0.25, 0.3) is 0 Å². The lowest BCUT2D eigenvalue weighted by Gasteiger charge is -2.06. The number of fused-ring (bicyclic) bond motifs is 1. The zero-order valence-corrected chi connectivity index (χ0v) is 14.5. The Labute approximate surface area is 146 Å². The average molecular weight is 340 g/mol. The molecule has 1 amide bonds. The molecule has 1 aromatic heterocycles. The van der Waals surface area contributed by atoms with E-state index in [1.165, 1.54) is 11.3 Å². The monoisotopic (exact) mass is 340 g/mol. The number of nitrogens with one attached hydrogen (secondary N) is 1. The number of hydrogen-bond donors (Lipinski definition) is 1. The summed E-state index contributed by atoms with van der Waals surface area (Å²) in [7, 11) is 0. The van der Waals surface area contributed by atoms with E-state index in [-0.39, 0.29) is 5.91 Å². The van der Waals surface area contributed by atoms with Crippen LogP contribution in [0.15, 0.2) is 24.3 Å². The van der Waals surface area contributed by atoms with E-state index >= 15 is 0 Å². The number of anilines is 1. The first-order valence-electron chi connectivity index (χ1n) is 8.31. The van der Waals surface area contributed by atoms with Crippen molar-refractivity contribution in [2.75, 3.05) is 11.9 Å². The third kappa shape index (κ3) is 3.44. The summed E-state index contributed by atoms with van der Waals surface area (Å²) in [5, 5.41) is 13.1. The molecular formula is C19H20N2O2S. The second-order valence-electron chi connectivity index (χ2n) is 5.79. The molecule has 0 aliphatic heterocycles. The molecule has 4 nitrogen and oxygen atoms in total. The summed E-state index contributed by atoms with van der Waals surface area (Å²) >= 11 is 1.56. The lowest BCUT2D eigenvalue weighted by atomic mass is 10.1. The molecule has 0 bridgehead atoms. The van der Waals surface area contributed by atoms with Crippen molar-refractivity contribution < 1.29 is 9.53 Å². The SMILES string of the molecule is CCOc1ccc(C(=O)Nc2sc3c(c2C#N)CCCCC3)cc1. The molecule has 0 spiro atoms. The Bertz CT molecular complexity index is 772. The first-order valence-corrected chi connectivity index (χ1v) is 9.13. The highest BCUT2D eigenvalue weighted by Crippen LogP contribution is 2.37. The maximum absolute atomic E-state index is 12.5. The summed E-state index contributed by atoms with van der Waals surface area (Å²) in [5.41, 5.74) is 2.35. The van der Waals surface area contributed by atoms with E-state index < -0.39 is 0 Å². The van der Waals surface area contributed by atoms with Gasteiger partial charge in [0.05, 0.1) is 12.2 Å². The van der Waals surface area contributed by atoms with Gasteiger partial charge in [-0.3, -0.25) is 4.79 Å². The Hall–Kier alpha value is -2.32. The Morgan fingerprint density at radius 3 is 2.71 bits per heavy atom. The fourth-order valence-electron chi connectivity index (χ4n) is 2.99. The highest BCUT2D eigenvalue weighted by atomic mass is 32.1. The maximum atomic E-state index is 12.5. The number of carbonyl (C=O) groups is 1. The van der Waals surface area contributed by atoms with Crippen molar-refractivity contribution in [2.45, 2.75) is 39.0 Å². The molecule has 0 atom stereocenters. The van der Waals surface area contributed by atoms with Crippen molar-refractivity contribution >= 4 is 22.2 Å². The lowest BCUT2D eigenvalue weighted by molar-refractivity contribution is 0.102. The molecule has 2 aromatic rings. The number of hydrogen-bond acceptors (Lipinski definition) is 4. The van der Waals surface area contributed by atoms with Gasteiger partial charge >= 0.3 is 0 Å². The average Bonchev–Trinajstić information content (AvgIpc) is 2.76. The molecule has 124 valence electrons. The second-order valence-corrected chi connectivity index (χ2v) is 6.90. The third-order valence-corrected chi connectivity index (χ3v) is 5.39. The Morgan fingerprint density at radius 1 is 1.25 bits per heavy atom. The Morgan fingerprint density at radius 2 is 2.00 bits per heavy atom. The number of ether oxygens (including phenoxy) is 1. The zero-order chi connectivity index (χ0) is 16.9. The summed E-state index contributed by atoms with van der Waals surface area (Å²) in [6.07, 6.45) is 5.43. The van der Waals surface area contributed by atoms with E-state index in [2.05, 4.69) is 11.4 Å². The number of carbonyl (C=O) groups excluding carboxylic acids is 1. The van der Waals surface area contributed by atoms with Crippen molar-refractivity contribution in [1.82, 2.24) is 0 Å². The van der Waals surface area contributed by atoms with E-state index in [4.69, 9.17) is 4.74 Å². The minimum atomic E-state index is -0.189. The number of nitriles is 1. The van der Waals surface area contributed by atoms with E-state index in [9.17, 15) is 10.1 Å². The van der Waals surface area contributed by atoms with Gasteiger partial charge in [-0.05, 0) is 62.4 Å².